The first kappa shape index (κ1) is 15.4. The van der Waals surface area contributed by atoms with Crippen LogP contribution in [0.1, 0.15) is 30.0 Å². The first-order chi connectivity index (χ1) is 11.6. The van der Waals surface area contributed by atoms with E-state index in [1.54, 1.807) is 12.1 Å². The first-order valence-corrected chi connectivity index (χ1v) is 7.82. The molecular formula is C17H13ClF2N2O2. The Morgan fingerprint density at radius 1 is 1.21 bits per heavy atom. The maximum absolute atomic E-state index is 12.8. The molecule has 0 saturated carbocycles. The van der Waals surface area contributed by atoms with Crippen LogP contribution in [0.15, 0.2) is 42.5 Å². The van der Waals surface area contributed by atoms with Crippen molar-refractivity contribution in [1.82, 2.24) is 9.55 Å². The van der Waals surface area contributed by atoms with Gasteiger partial charge in [-0.3, -0.25) is 0 Å². The molecule has 1 N–H and O–H groups in total. The highest BCUT2D eigenvalue weighted by Crippen LogP contribution is 2.46. The van der Waals surface area contributed by atoms with E-state index in [1.165, 1.54) is 6.07 Å². The predicted octanol–water partition coefficient (Wildman–Crippen LogP) is 4.32. The molecule has 4 nitrogen and oxygen atoms in total. The monoisotopic (exact) mass is 350 g/mol. The molecule has 3 aromatic rings. The summed E-state index contributed by atoms with van der Waals surface area (Å²) in [4.78, 5) is 4.45. The minimum Gasteiger partial charge on any atom is -0.434 e. The molecule has 0 amide bonds. The van der Waals surface area contributed by atoms with Crippen molar-refractivity contribution in [2.45, 2.75) is 25.2 Å². The van der Waals surface area contributed by atoms with Gasteiger partial charge in [0.05, 0.1) is 17.1 Å². The highest BCUT2D eigenvalue weighted by atomic mass is 35.5. The topological polar surface area (TPSA) is 47.3 Å². The van der Waals surface area contributed by atoms with Crippen LogP contribution in [0.3, 0.4) is 0 Å². The highest BCUT2D eigenvalue weighted by Gasteiger charge is 2.36. The summed E-state index contributed by atoms with van der Waals surface area (Å²) in [5.74, 6) is 0.518. The molecule has 2 heterocycles. The second kappa shape index (κ2) is 5.72. The molecule has 1 aliphatic rings. The number of hydrogen-bond acceptors (Lipinski definition) is 3. The Morgan fingerprint density at radius 3 is 2.79 bits per heavy atom. The van der Waals surface area contributed by atoms with Crippen LogP contribution >= 0.6 is 11.6 Å². The number of fused-ring (bicyclic) bond motifs is 3. The van der Waals surface area contributed by atoms with Gasteiger partial charge in [0.15, 0.2) is 0 Å². The molecule has 2 aromatic carbocycles. The van der Waals surface area contributed by atoms with E-state index >= 15 is 0 Å². The summed E-state index contributed by atoms with van der Waals surface area (Å²) in [5.41, 5.74) is 1.98. The Bertz CT molecular complexity index is 913. The average Bonchev–Trinajstić information content (AvgIpc) is 3.05. The number of rotatable bonds is 3. The van der Waals surface area contributed by atoms with E-state index < -0.39 is 18.8 Å². The lowest BCUT2D eigenvalue weighted by atomic mass is 10.0. The summed E-state index contributed by atoms with van der Waals surface area (Å²) in [6.45, 7) is -2.95. The minimum atomic E-state index is -2.95. The van der Waals surface area contributed by atoms with Crippen LogP contribution in [0.2, 0.25) is 5.02 Å². The first-order valence-electron chi connectivity index (χ1n) is 7.44. The summed E-state index contributed by atoms with van der Waals surface area (Å²) >= 11 is 6.29. The minimum absolute atomic E-state index is 0.0142. The van der Waals surface area contributed by atoms with E-state index in [-0.39, 0.29) is 5.75 Å². The quantitative estimate of drug-likeness (QED) is 0.765. The van der Waals surface area contributed by atoms with Crippen LogP contribution in [-0.4, -0.2) is 21.3 Å². The van der Waals surface area contributed by atoms with E-state index in [2.05, 4.69) is 9.72 Å². The molecule has 0 spiro atoms. The van der Waals surface area contributed by atoms with Gasteiger partial charge in [0.1, 0.15) is 17.7 Å². The maximum Gasteiger partial charge on any atom is 0.387 e. The molecule has 0 radical (unpaired) electrons. The summed E-state index contributed by atoms with van der Waals surface area (Å²) in [7, 11) is 0. The van der Waals surface area contributed by atoms with E-state index in [9.17, 15) is 13.9 Å². The highest BCUT2D eigenvalue weighted by molar-refractivity contribution is 6.31. The number of hydrogen-bond donors (Lipinski definition) is 1. The fourth-order valence-corrected chi connectivity index (χ4v) is 3.63. The Labute approximate surface area is 141 Å². The number of aromatic nitrogens is 2. The zero-order valence-corrected chi connectivity index (χ0v) is 13.1. The molecule has 24 heavy (non-hydrogen) atoms. The van der Waals surface area contributed by atoms with E-state index in [1.807, 2.05) is 28.8 Å². The third kappa shape index (κ3) is 2.34. The number of imidazole rings is 1. The van der Waals surface area contributed by atoms with Crippen LogP contribution in [0.4, 0.5) is 8.78 Å². The largest absolute Gasteiger partial charge is 0.434 e. The van der Waals surface area contributed by atoms with Crippen molar-refractivity contribution in [3.8, 4) is 5.75 Å². The Balaban J connectivity index is 1.92. The van der Waals surface area contributed by atoms with Gasteiger partial charge in [-0.25, -0.2) is 4.98 Å². The Kier molecular flexibility index (Phi) is 3.66. The van der Waals surface area contributed by atoms with Crippen molar-refractivity contribution >= 4 is 22.6 Å². The van der Waals surface area contributed by atoms with Crippen LogP contribution in [0, 0.1) is 0 Å². The SMILES string of the molecule is OC1CC(c2c(Cl)cccc2OC(F)F)n2c1nc1ccccc12. The second-order valence-electron chi connectivity index (χ2n) is 5.63. The summed E-state index contributed by atoms with van der Waals surface area (Å²) in [5, 5.41) is 10.7. The number of benzene rings is 2. The van der Waals surface area contributed by atoms with Gasteiger partial charge in [0.25, 0.3) is 0 Å². The molecule has 4 rings (SSSR count). The lowest BCUT2D eigenvalue weighted by Crippen LogP contribution is -2.11. The molecule has 0 fully saturated rings. The van der Waals surface area contributed by atoms with E-state index in [0.29, 0.717) is 22.8 Å². The molecular weight excluding hydrogens is 338 g/mol. The van der Waals surface area contributed by atoms with Crippen molar-refractivity contribution in [1.29, 1.82) is 0 Å². The van der Waals surface area contributed by atoms with E-state index in [0.717, 1.165) is 11.0 Å². The van der Waals surface area contributed by atoms with Gasteiger partial charge >= 0.3 is 6.61 Å². The maximum atomic E-state index is 12.8. The van der Waals surface area contributed by atoms with Crippen molar-refractivity contribution in [2.75, 3.05) is 0 Å². The molecule has 7 heteroatoms. The number of alkyl halides is 2. The average molecular weight is 351 g/mol. The molecule has 2 unspecified atom stereocenters. The van der Waals surface area contributed by atoms with Crippen molar-refractivity contribution in [3.63, 3.8) is 0 Å². The second-order valence-corrected chi connectivity index (χ2v) is 6.03. The van der Waals surface area contributed by atoms with Gasteiger partial charge in [-0.1, -0.05) is 29.8 Å². The number of halogens is 3. The number of aliphatic hydroxyl groups is 1. The molecule has 0 saturated heterocycles. The number of aliphatic hydroxyl groups excluding tert-OH is 1. The molecule has 1 aliphatic heterocycles. The van der Waals surface area contributed by atoms with Gasteiger partial charge in [-0.05, 0) is 24.3 Å². The molecule has 0 aliphatic carbocycles. The predicted molar refractivity (Wildman–Crippen MR) is 85.5 cm³/mol. The number of ether oxygens (including phenoxy) is 1. The fraction of sp³-hybridized carbons (Fsp3) is 0.235. The van der Waals surface area contributed by atoms with Crippen LogP contribution in [0.25, 0.3) is 11.0 Å². The summed E-state index contributed by atoms with van der Waals surface area (Å²) in [6.07, 6.45) is -0.491. The Morgan fingerprint density at radius 2 is 2.00 bits per heavy atom. The molecule has 2 atom stereocenters. The number of para-hydroxylation sites is 2. The third-order valence-corrected chi connectivity index (χ3v) is 4.57. The van der Waals surface area contributed by atoms with Gasteiger partial charge in [0.2, 0.25) is 0 Å². The van der Waals surface area contributed by atoms with Crippen molar-refractivity contribution in [3.05, 3.63) is 58.9 Å². The van der Waals surface area contributed by atoms with Crippen LogP contribution in [-0.2, 0) is 0 Å². The standard InChI is InChI=1S/C17H13ClF2N2O2/c18-9-4-3-7-14(24-17(19)20)15(9)12-8-13(23)16-21-10-5-1-2-6-11(10)22(12)16/h1-7,12-13,17,23H,8H2. The van der Waals surface area contributed by atoms with Crippen LogP contribution < -0.4 is 4.74 Å². The summed E-state index contributed by atoms with van der Waals surface area (Å²) in [6, 6.07) is 11.6. The van der Waals surface area contributed by atoms with Gasteiger partial charge in [-0.15, -0.1) is 0 Å². The zero-order chi connectivity index (χ0) is 16.8. The lowest BCUT2D eigenvalue weighted by Gasteiger charge is -2.20. The van der Waals surface area contributed by atoms with Crippen molar-refractivity contribution < 1.29 is 18.6 Å². The zero-order valence-electron chi connectivity index (χ0n) is 12.4. The van der Waals surface area contributed by atoms with Crippen molar-refractivity contribution in [2.24, 2.45) is 0 Å². The van der Waals surface area contributed by atoms with Gasteiger partial charge in [-0.2, -0.15) is 8.78 Å². The lowest BCUT2D eigenvalue weighted by molar-refractivity contribution is -0.0507. The normalized spacial score (nSPS) is 19.9. The van der Waals surface area contributed by atoms with Gasteiger partial charge in [0, 0.05) is 17.0 Å². The third-order valence-electron chi connectivity index (χ3n) is 4.24. The molecule has 124 valence electrons. The van der Waals surface area contributed by atoms with E-state index in [4.69, 9.17) is 11.6 Å². The summed E-state index contributed by atoms with van der Waals surface area (Å²) < 4.78 is 32.0. The Hall–Kier alpha value is -2.18. The van der Waals surface area contributed by atoms with Gasteiger partial charge < -0.3 is 14.4 Å². The molecule has 0 bridgehead atoms. The molecule has 1 aromatic heterocycles. The smallest absolute Gasteiger partial charge is 0.387 e. The fourth-order valence-electron chi connectivity index (χ4n) is 3.33. The number of nitrogens with zero attached hydrogens (tertiary/aromatic N) is 2. The van der Waals surface area contributed by atoms with Crippen LogP contribution in [0.5, 0.6) is 5.75 Å².